The highest BCUT2D eigenvalue weighted by Gasteiger charge is 2.26. The fourth-order valence-corrected chi connectivity index (χ4v) is 1.20. The standard InChI is InChI=1S/C7H11ClO/c1-2-6-5-7(9-6)3-4-8/h2,6-7H,1,3-5H2. The third-order valence-corrected chi connectivity index (χ3v) is 1.77. The van der Waals surface area contributed by atoms with Crippen molar-refractivity contribution in [3.8, 4) is 0 Å². The predicted octanol–water partition coefficient (Wildman–Crippen LogP) is 1.96. The van der Waals surface area contributed by atoms with Crippen LogP contribution in [0.1, 0.15) is 12.8 Å². The van der Waals surface area contributed by atoms with Crippen LogP contribution in [0.2, 0.25) is 0 Å². The first-order valence-electron chi connectivity index (χ1n) is 3.20. The molecule has 0 aromatic carbocycles. The Hall–Kier alpha value is -0.0100. The summed E-state index contributed by atoms with van der Waals surface area (Å²) in [5.41, 5.74) is 0. The van der Waals surface area contributed by atoms with Crippen molar-refractivity contribution < 1.29 is 4.74 Å². The molecule has 1 aliphatic heterocycles. The SMILES string of the molecule is C=CC1CC(CCCl)O1. The molecular formula is C7H11ClO. The van der Waals surface area contributed by atoms with E-state index in [1.165, 1.54) is 0 Å². The van der Waals surface area contributed by atoms with Crippen molar-refractivity contribution in [1.29, 1.82) is 0 Å². The second-order valence-electron chi connectivity index (χ2n) is 2.25. The van der Waals surface area contributed by atoms with Crippen molar-refractivity contribution in [3.63, 3.8) is 0 Å². The molecule has 9 heavy (non-hydrogen) atoms. The lowest BCUT2D eigenvalue weighted by Gasteiger charge is -2.33. The Labute approximate surface area is 60.7 Å². The van der Waals surface area contributed by atoms with Gasteiger partial charge in [-0.1, -0.05) is 6.08 Å². The smallest absolute Gasteiger partial charge is 0.0781 e. The molecule has 2 unspecified atom stereocenters. The molecular weight excluding hydrogens is 136 g/mol. The first-order valence-corrected chi connectivity index (χ1v) is 3.74. The average Bonchev–Trinajstić information content (AvgIpc) is 1.77. The maximum atomic E-state index is 5.49. The summed E-state index contributed by atoms with van der Waals surface area (Å²) in [7, 11) is 0. The van der Waals surface area contributed by atoms with E-state index in [1.807, 2.05) is 6.08 Å². The van der Waals surface area contributed by atoms with Gasteiger partial charge in [0.05, 0.1) is 12.2 Å². The molecule has 1 heterocycles. The van der Waals surface area contributed by atoms with Gasteiger partial charge in [0, 0.05) is 12.3 Å². The highest BCUT2D eigenvalue weighted by Crippen LogP contribution is 2.23. The molecule has 0 radical (unpaired) electrons. The number of alkyl halides is 1. The van der Waals surface area contributed by atoms with Crippen LogP contribution >= 0.6 is 11.6 Å². The zero-order valence-electron chi connectivity index (χ0n) is 5.35. The first-order chi connectivity index (χ1) is 4.36. The van der Waals surface area contributed by atoms with E-state index >= 15 is 0 Å². The van der Waals surface area contributed by atoms with Crippen LogP contribution in [0.4, 0.5) is 0 Å². The van der Waals surface area contributed by atoms with Crippen LogP contribution in [-0.2, 0) is 4.74 Å². The molecule has 1 fully saturated rings. The summed E-state index contributed by atoms with van der Waals surface area (Å²) in [5, 5.41) is 0. The van der Waals surface area contributed by atoms with E-state index in [-0.39, 0.29) is 0 Å². The van der Waals surface area contributed by atoms with Gasteiger partial charge in [-0.05, 0) is 6.42 Å². The molecule has 0 N–H and O–H groups in total. The van der Waals surface area contributed by atoms with Crippen LogP contribution in [-0.4, -0.2) is 18.1 Å². The van der Waals surface area contributed by atoms with Gasteiger partial charge in [0.2, 0.25) is 0 Å². The van der Waals surface area contributed by atoms with E-state index in [9.17, 15) is 0 Å². The molecule has 0 amide bonds. The lowest BCUT2D eigenvalue weighted by atomic mass is 10.0. The Morgan fingerprint density at radius 3 is 2.89 bits per heavy atom. The molecule has 0 aromatic rings. The zero-order valence-corrected chi connectivity index (χ0v) is 6.10. The molecule has 2 heteroatoms. The Morgan fingerprint density at radius 2 is 2.44 bits per heavy atom. The van der Waals surface area contributed by atoms with Crippen molar-refractivity contribution in [1.82, 2.24) is 0 Å². The van der Waals surface area contributed by atoms with Gasteiger partial charge in [-0.25, -0.2) is 0 Å². The molecule has 0 aromatic heterocycles. The fourth-order valence-electron chi connectivity index (χ4n) is 0.955. The van der Waals surface area contributed by atoms with Crippen molar-refractivity contribution >= 4 is 11.6 Å². The second kappa shape index (κ2) is 3.23. The minimum absolute atomic E-state index is 0.304. The number of rotatable bonds is 3. The molecule has 2 atom stereocenters. The lowest BCUT2D eigenvalue weighted by molar-refractivity contribution is -0.0974. The maximum Gasteiger partial charge on any atom is 0.0781 e. The van der Waals surface area contributed by atoms with Crippen molar-refractivity contribution in [3.05, 3.63) is 12.7 Å². The largest absolute Gasteiger partial charge is 0.371 e. The van der Waals surface area contributed by atoms with E-state index in [0.29, 0.717) is 18.1 Å². The summed E-state index contributed by atoms with van der Waals surface area (Å²) in [6.07, 6.45) is 4.64. The van der Waals surface area contributed by atoms with E-state index < -0.39 is 0 Å². The van der Waals surface area contributed by atoms with Crippen LogP contribution in [0.25, 0.3) is 0 Å². The highest BCUT2D eigenvalue weighted by molar-refractivity contribution is 6.17. The molecule has 1 nitrogen and oxygen atoms in total. The van der Waals surface area contributed by atoms with Gasteiger partial charge in [-0.15, -0.1) is 18.2 Å². The van der Waals surface area contributed by atoms with Gasteiger partial charge >= 0.3 is 0 Å². The molecule has 0 spiro atoms. The second-order valence-corrected chi connectivity index (χ2v) is 2.62. The summed E-state index contributed by atoms with van der Waals surface area (Å²) >= 11 is 5.49. The van der Waals surface area contributed by atoms with Gasteiger partial charge < -0.3 is 4.74 Å². The van der Waals surface area contributed by atoms with Crippen LogP contribution in [0.5, 0.6) is 0 Å². The van der Waals surface area contributed by atoms with Gasteiger partial charge in [-0.3, -0.25) is 0 Å². The van der Waals surface area contributed by atoms with E-state index in [2.05, 4.69) is 6.58 Å². The minimum Gasteiger partial charge on any atom is -0.371 e. The summed E-state index contributed by atoms with van der Waals surface area (Å²) in [5.74, 6) is 0.703. The fraction of sp³-hybridized carbons (Fsp3) is 0.714. The predicted molar refractivity (Wildman–Crippen MR) is 38.8 cm³/mol. The van der Waals surface area contributed by atoms with Crippen molar-refractivity contribution in [2.75, 3.05) is 5.88 Å². The van der Waals surface area contributed by atoms with E-state index in [4.69, 9.17) is 16.3 Å². The monoisotopic (exact) mass is 146 g/mol. The number of halogens is 1. The Bertz CT molecular complexity index is 97.1. The highest BCUT2D eigenvalue weighted by atomic mass is 35.5. The summed E-state index contributed by atoms with van der Waals surface area (Å²) in [6, 6.07) is 0. The van der Waals surface area contributed by atoms with Crippen molar-refractivity contribution in [2.45, 2.75) is 25.0 Å². The first kappa shape index (κ1) is 7.10. The molecule has 0 saturated carbocycles. The Kier molecular flexibility index (Phi) is 2.55. The maximum absolute atomic E-state index is 5.49. The molecule has 52 valence electrons. The third-order valence-electron chi connectivity index (χ3n) is 1.56. The number of ether oxygens (including phenoxy) is 1. The van der Waals surface area contributed by atoms with Gasteiger partial charge in [0.15, 0.2) is 0 Å². The molecule has 1 rings (SSSR count). The summed E-state index contributed by atoms with van der Waals surface area (Å²) in [4.78, 5) is 0. The Morgan fingerprint density at radius 1 is 1.78 bits per heavy atom. The number of hydrogen-bond acceptors (Lipinski definition) is 1. The van der Waals surface area contributed by atoms with Gasteiger partial charge in [0.25, 0.3) is 0 Å². The number of hydrogen-bond donors (Lipinski definition) is 0. The molecule has 0 bridgehead atoms. The summed E-state index contributed by atoms with van der Waals surface area (Å²) in [6.45, 7) is 3.62. The topological polar surface area (TPSA) is 9.23 Å². The quantitative estimate of drug-likeness (QED) is 0.437. The third kappa shape index (κ3) is 1.70. The molecule has 1 aliphatic rings. The molecule has 1 saturated heterocycles. The minimum atomic E-state index is 0.304. The van der Waals surface area contributed by atoms with Crippen LogP contribution < -0.4 is 0 Å². The normalized spacial score (nSPS) is 33.4. The zero-order chi connectivity index (χ0) is 6.69. The van der Waals surface area contributed by atoms with E-state index in [1.54, 1.807) is 0 Å². The lowest BCUT2D eigenvalue weighted by Crippen LogP contribution is -2.35. The van der Waals surface area contributed by atoms with Crippen LogP contribution in [0, 0.1) is 0 Å². The van der Waals surface area contributed by atoms with Gasteiger partial charge in [-0.2, -0.15) is 0 Å². The summed E-state index contributed by atoms with van der Waals surface area (Å²) < 4.78 is 5.33. The van der Waals surface area contributed by atoms with Crippen LogP contribution in [0.3, 0.4) is 0 Å². The van der Waals surface area contributed by atoms with Gasteiger partial charge in [0.1, 0.15) is 0 Å². The Balaban J connectivity index is 2.04. The average molecular weight is 147 g/mol. The van der Waals surface area contributed by atoms with Crippen molar-refractivity contribution in [2.24, 2.45) is 0 Å². The molecule has 0 aliphatic carbocycles. The van der Waals surface area contributed by atoms with E-state index in [0.717, 1.165) is 12.8 Å². The van der Waals surface area contributed by atoms with Crippen LogP contribution in [0.15, 0.2) is 12.7 Å².